The monoisotopic (exact) mass is 284 g/mol. The second-order valence-corrected chi connectivity index (χ2v) is 5.71. The van der Waals surface area contributed by atoms with Crippen LogP contribution in [0.25, 0.3) is 0 Å². The van der Waals surface area contributed by atoms with Crippen LogP contribution in [0, 0.1) is 5.82 Å². The molecule has 2 heterocycles. The van der Waals surface area contributed by atoms with Gasteiger partial charge in [0.15, 0.2) is 0 Å². The van der Waals surface area contributed by atoms with E-state index in [1.165, 1.54) is 24.8 Å². The molecule has 0 aliphatic carbocycles. The first-order chi connectivity index (χ1) is 10.3. The first-order valence-corrected chi connectivity index (χ1v) is 7.72. The average Bonchev–Trinajstić information content (AvgIpc) is 2.76. The van der Waals surface area contributed by atoms with Crippen molar-refractivity contribution < 1.29 is 4.39 Å². The minimum absolute atomic E-state index is 0.102. The molecular formula is C18H21FN2. The Morgan fingerprint density at radius 2 is 1.86 bits per heavy atom. The summed E-state index contributed by atoms with van der Waals surface area (Å²) in [5.41, 5.74) is 2.08. The Kier molecular flexibility index (Phi) is 4.61. The van der Waals surface area contributed by atoms with E-state index < -0.39 is 0 Å². The van der Waals surface area contributed by atoms with Crippen LogP contribution in [-0.2, 0) is 6.54 Å². The number of benzene rings is 1. The van der Waals surface area contributed by atoms with Crippen molar-refractivity contribution in [1.29, 1.82) is 0 Å². The minimum Gasteiger partial charge on any atom is -0.292 e. The molecule has 0 bridgehead atoms. The van der Waals surface area contributed by atoms with Gasteiger partial charge in [0.2, 0.25) is 0 Å². The zero-order chi connectivity index (χ0) is 14.5. The minimum atomic E-state index is -0.102. The summed E-state index contributed by atoms with van der Waals surface area (Å²) < 4.78 is 13.9. The lowest BCUT2D eigenvalue weighted by Gasteiger charge is -2.30. The van der Waals surface area contributed by atoms with Gasteiger partial charge in [-0.05, 0) is 43.1 Å². The first-order valence-electron chi connectivity index (χ1n) is 7.72. The topological polar surface area (TPSA) is 16.1 Å². The summed E-state index contributed by atoms with van der Waals surface area (Å²) in [6, 6.07) is 11.7. The van der Waals surface area contributed by atoms with Gasteiger partial charge in [-0.1, -0.05) is 31.0 Å². The van der Waals surface area contributed by atoms with E-state index in [1.54, 1.807) is 12.1 Å². The van der Waals surface area contributed by atoms with E-state index in [0.717, 1.165) is 18.5 Å². The molecule has 0 saturated carbocycles. The standard InChI is InChI=1S/C18H21FN2/c19-17-7-4-3-6-16(17)14-21-13-5-1-2-8-18(21)15-9-11-20-12-10-15/h3-4,6-7,9-12,18H,1-2,5,8,13-14H2. The van der Waals surface area contributed by atoms with E-state index in [9.17, 15) is 4.39 Å². The van der Waals surface area contributed by atoms with E-state index in [4.69, 9.17) is 0 Å². The summed E-state index contributed by atoms with van der Waals surface area (Å²) in [6.45, 7) is 1.71. The Bertz CT molecular complexity index is 570. The number of hydrogen-bond acceptors (Lipinski definition) is 2. The highest BCUT2D eigenvalue weighted by Gasteiger charge is 2.23. The molecule has 0 spiro atoms. The molecule has 1 aliphatic heterocycles. The summed E-state index contributed by atoms with van der Waals surface area (Å²) in [5, 5.41) is 0. The predicted molar refractivity (Wildman–Crippen MR) is 82.3 cm³/mol. The van der Waals surface area contributed by atoms with E-state index >= 15 is 0 Å². The fraction of sp³-hybridized carbons (Fsp3) is 0.389. The predicted octanol–water partition coefficient (Wildman–Crippen LogP) is 4.34. The van der Waals surface area contributed by atoms with Crippen LogP contribution in [0.1, 0.15) is 42.9 Å². The molecule has 3 rings (SSSR count). The first kappa shape index (κ1) is 14.2. The SMILES string of the molecule is Fc1ccccc1CN1CCCCCC1c1ccncc1. The van der Waals surface area contributed by atoms with Gasteiger partial charge < -0.3 is 0 Å². The van der Waals surface area contributed by atoms with E-state index in [2.05, 4.69) is 22.0 Å². The lowest BCUT2D eigenvalue weighted by Crippen LogP contribution is -2.28. The Balaban J connectivity index is 1.84. The van der Waals surface area contributed by atoms with Crippen molar-refractivity contribution in [2.45, 2.75) is 38.3 Å². The summed E-state index contributed by atoms with van der Waals surface area (Å²) in [5.74, 6) is -0.102. The smallest absolute Gasteiger partial charge is 0.127 e. The Labute approximate surface area is 125 Å². The number of aromatic nitrogens is 1. The van der Waals surface area contributed by atoms with Crippen molar-refractivity contribution in [3.8, 4) is 0 Å². The van der Waals surface area contributed by atoms with Crippen molar-refractivity contribution in [3.05, 3.63) is 65.7 Å². The number of rotatable bonds is 3. The third-order valence-corrected chi connectivity index (χ3v) is 4.29. The van der Waals surface area contributed by atoms with Crippen LogP contribution < -0.4 is 0 Å². The molecule has 1 fully saturated rings. The number of nitrogens with zero attached hydrogens (tertiary/aromatic N) is 2. The molecular weight excluding hydrogens is 263 g/mol. The third kappa shape index (κ3) is 3.48. The van der Waals surface area contributed by atoms with Gasteiger partial charge in [-0.15, -0.1) is 0 Å². The highest BCUT2D eigenvalue weighted by molar-refractivity contribution is 5.19. The largest absolute Gasteiger partial charge is 0.292 e. The molecule has 1 aliphatic rings. The molecule has 1 atom stereocenters. The van der Waals surface area contributed by atoms with E-state index in [-0.39, 0.29) is 5.82 Å². The molecule has 3 heteroatoms. The van der Waals surface area contributed by atoms with Crippen LogP contribution in [0.15, 0.2) is 48.8 Å². The van der Waals surface area contributed by atoms with Gasteiger partial charge in [-0.2, -0.15) is 0 Å². The highest BCUT2D eigenvalue weighted by atomic mass is 19.1. The van der Waals surface area contributed by atoms with Gasteiger partial charge in [0, 0.05) is 30.5 Å². The number of pyridine rings is 1. The summed E-state index contributed by atoms with van der Waals surface area (Å²) in [4.78, 5) is 6.53. The third-order valence-electron chi connectivity index (χ3n) is 4.29. The molecule has 0 radical (unpaired) electrons. The molecule has 1 unspecified atom stereocenters. The van der Waals surface area contributed by atoms with Gasteiger partial charge in [-0.25, -0.2) is 4.39 Å². The van der Waals surface area contributed by atoms with Crippen LogP contribution in [0.2, 0.25) is 0 Å². The Morgan fingerprint density at radius 1 is 1.05 bits per heavy atom. The van der Waals surface area contributed by atoms with Crippen LogP contribution in [-0.4, -0.2) is 16.4 Å². The second-order valence-electron chi connectivity index (χ2n) is 5.71. The molecule has 1 saturated heterocycles. The highest BCUT2D eigenvalue weighted by Crippen LogP contribution is 2.31. The molecule has 110 valence electrons. The number of halogens is 1. The van der Waals surface area contributed by atoms with Gasteiger partial charge in [-0.3, -0.25) is 9.88 Å². The molecule has 2 nitrogen and oxygen atoms in total. The number of likely N-dealkylation sites (tertiary alicyclic amines) is 1. The average molecular weight is 284 g/mol. The maximum Gasteiger partial charge on any atom is 0.127 e. The van der Waals surface area contributed by atoms with Gasteiger partial charge in [0.25, 0.3) is 0 Å². The quantitative estimate of drug-likeness (QED) is 0.833. The molecule has 2 aromatic rings. The normalized spacial score (nSPS) is 20.1. The fourth-order valence-electron chi connectivity index (χ4n) is 3.17. The Morgan fingerprint density at radius 3 is 2.67 bits per heavy atom. The lowest BCUT2D eigenvalue weighted by molar-refractivity contribution is 0.190. The van der Waals surface area contributed by atoms with Crippen molar-refractivity contribution >= 4 is 0 Å². The van der Waals surface area contributed by atoms with Crippen LogP contribution in [0.5, 0.6) is 0 Å². The second kappa shape index (κ2) is 6.81. The Hall–Kier alpha value is -1.74. The van der Waals surface area contributed by atoms with Crippen LogP contribution in [0.3, 0.4) is 0 Å². The van der Waals surface area contributed by atoms with E-state index in [0.29, 0.717) is 12.6 Å². The summed E-state index contributed by atoms with van der Waals surface area (Å²) in [6.07, 6.45) is 8.52. The number of hydrogen-bond donors (Lipinski definition) is 0. The van der Waals surface area contributed by atoms with Crippen LogP contribution >= 0.6 is 0 Å². The molecule has 21 heavy (non-hydrogen) atoms. The van der Waals surface area contributed by atoms with Crippen LogP contribution in [0.4, 0.5) is 4.39 Å². The summed E-state index contributed by atoms with van der Waals surface area (Å²) in [7, 11) is 0. The van der Waals surface area contributed by atoms with Gasteiger partial charge in [0.05, 0.1) is 0 Å². The molecule has 0 amide bonds. The van der Waals surface area contributed by atoms with E-state index in [1.807, 2.05) is 24.5 Å². The van der Waals surface area contributed by atoms with Gasteiger partial charge in [0.1, 0.15) is 5.82 Å². The maximum absolute atomic E-state index is 13.9. The maximum atomic E-state index is 13.9. The zero-order valence-electron chi connectivity index (χ0n) is 12.2. The fourth-order valence-corrected chi connectivity index (χ4v) is 3.17. The lowest BCUT2D eigenvalue weighted by atomic mass is 10.0. The molecule has 1 aromatic carbocycles. The van der Waals surface area contributed by atoms with Crippen molar-refractivity contribution in [2.75, 3.05) is 6.54 Å². The van der Waals surface area contributed by atoms with Crippen molar-refractivity contribution in [1.82, 2.24) is 9.88 Å². The van der Waals surface area contributed by atoms with Crippen molar-refractivity contribution in [2.24, 2.45) is 0 Å². The van der Waals surface area contributed by atoms with Gasteiger partial charge >= 0.3 is 0 Å². The molecule has 1 aromatic heterocycles. The summed E-state index contributed by atoms with van der Waals surface area (Å²) >= 11 is 0. The zero-order valence-corrected chi connectivity index (χ0v) is 12.2. The molecule has 0 N–H and O–H groups in total. The van der Waals surface area contributed by atoms with Crippen molar-refractivity contribution in [3.63, 3.8) is 0 Å².